The van der Waals surface area contributed by atoms with Crippen molar-refractivity contribution in [2.24, 2.45) is 5.41 Å². The Hall–Kier alpha value is -2.66. The third-order valence-corrected chi connectivity index (χ3v) is 7.27. The number of benzene rings is 1. The normalized spacial score (nSPS) is 21.7. The van der Waals surface area contributed by atoms with E-state index >= 15 is 0 Å². The van der Waals surface area contributed by atoms with E-state index in [1.165, 1.54) is 56.4 Å². The minimum absolute atomic E-state index is 0.414. The molecule has 1 saturated heterocycles. The van der Waals surface area contributed by atoms with Gasteiger partial charge in [0.25, 0.3) is 0 Å². The zero-order chi connectivity index (χ0) is 20.6. The molecule has 3 aromatic rings. The Labute approximate surface area is 178 Å². The van der Waals surface area contributed by atoms with E-state index in [-0.39, 0.29) is 0 Å². The second-order valence-electron chi connectivity index (χ2n) is 9.35. The maximum absolute atomic E-state index is 8.00. The Morgan fingerprint density at radius 1 is 0.967 bits per heavy atom. The molecule has 1 spiro atoms. The van der Waals surface area contributed by atoms with Crippen molar-refractivity contribution in [3.8, 4) is 0 Å². The molecule has 0 atom stereocenters. The van der Waals surface area contributed by atoms with Crippen molar-refractivity contribution in [1.82, 2.24) is 14.9 Å². The Balaban J connectivity index is 0.000000937. The zero-order valence-electron chi connectivity index (χ0n) is 17.5. The first-order valence-corrected chi connectivity index (χ1v) is 11.0. The summed E-state index contributed by atoms with van der Waals surface area (Å²) >= 11 is 0. The molecule has 1 aromatic carbocycles. The van der Waals surface area contributed by atoms with Crippen LogP contribution < -0.4 is 4.90 Å². The number of nitrogens with one attached hydrogen (secondary N) is 1. The molecule has 1 N–H and O–H groups in total. The highest BCUT2D eigenvalue weighted by Crippen LogP contribution is 2.52. The molecule has 1 aliphatic heterocycles. The van der Waals surface area contributed by atoms with Crippen LogP contribution in [0.4, 0.5) is 5.69 Å². The van der Waals surface area contributed by atoms with Crippen molar-refractivity contribution in [2.75, 3.05) is 37.6 Å². The lowest BCUT2D eigenvalue weighted by molar-refractivity contribution is -0.0979. The van der Waals surface area contributed by atoms with Crippen molar-refractivity contribution in [2.45, 2.75) is 31.1 Å². The maximum Gasteiger partial charge on any atom is 0.139 e. The molecule has 0 unspecified atom stereocenters. The number of hydrogen-bond donors (Lipinski definition) is 1. The van der Waals surface area contributed by atoms with Gasteiger partial charge in [-0.15, -0.1) is 0 Å². The fourth-order valence-electron chi connectivity index (χ4n) is 5.31. The number of aromatic nitrogens is 2. The molecule has 2 saturated carbocycles. The largest absolute Gasteiger partial charge is 0.369 e. The van der Waals surface area contributed by atoms with Gasteiger partial charge in [-0.25, -0.2) is 4.98 Å². The summed E-state index contributed by atoms with van der Waals surface area (Å²) in [5, 5.41) is 1.26. The first-order valence-electron chi connectivity index (χ1n) is 11.0. The third kappa shape index (κ3) is 3.52. The number of rotatable bonds is 4. The van der Waals surface area contributed by atoms with Crippen LogP contribution in [0.15, 0.2) is 54.9 Å². The van der Waals surface area contributed by atoms with E-state index < -0.39 is 0 Å². The van der Waals surface area contributed by atoms with Crippen LogP contribution in [0.2, 0.25) is 0 Å². The predicted molar refractivity (Wildman–Crippen MR) is 121 cm³/mol. The number of fused-ring (bicyclic) bond motifs is 1. The standard InChI is InChI=1S/C24H28N4.CH2O/c1-2-4-19(5-3-1)24(10-11-24)18-27-14-15-28(17-23(16-27)8-9-23)21-7-13-26-22-20(21)6-12-25-22;1-2/h1-7,12-13H,8-11,14-18H2,(H,25,26);1H2. The van der Waals surface area contributed by atoms with E-state index in [4.69, 9.17) is 4.79 Å². The van der Waals surface area contributed by atoms with Crippen LogP contribution in [0.25, 0.3) is 11.0 Å². The van der Waals surface area contributed by atoms with Crippen molar-refractivity contribution in [3.05, 3.63) is 60.4 Å². The van der Waals surface area contributed by atoms with Gasteiger partial charge >= 0.3 is 0 Å². The molecule has 3 fully saturated rings. The Bertz CT molecular complexity index is 1010. The van der Waals surface area contributed by atoms with Crippen LogP contribution >= 0.6 is 0 Å². The molecule has 5 heteroatoms. The van der Waals surface area contributed by atoms with Crippen LogP contribution in [-0.4, -0.2) is 54.4 Å². The summed E-state index contributed by atoms with van der Waals surface area (Å²) in [5.74, 6) is 0. The Kier molecular flexibility index (Phi) is 4.86. The highest BCUT2D eigenvalue weighted by Gasteiger charge is 2.50. The minimum atomic E-state index is 0.414. The number of pyridine rings is 1. The van der Waals surface area contributed by atoms with Crippen molar-refractivity contribution >= 4 is 23.5 Å². The number of carbonyl (C=O) groups is 1. The summed E-state index contributed by atoms with van der Waals surface area (Å²) in [5.41, 5.74) is 4.81. The monoisotopic (exact) mass is 402 g/mol. The number of H-pyrrole nitrogens is 1. The molecule has 5 nitrogen and oxygen atoms in total. The number of hydrogen-bond acceptors (Lipinski definition) is 4. The molecule has 6 rings (SSSR count). The van der Waals surface area contributed by atoms with Gasteiger partial charge in [0.1, 0.15) is 12.4 Å². The fraction of sp³-hybridized carbons (Fsp3) is 0.440. The summed E-state index contributed by atoms with van der Waals surface area (Å²) < 4.78 is 0. The average molecular weight is 403 g/mol. The topological polar surface area (TPSA) is 52.2 Å². The second kappa shape index (κ2) is 7.55. The average Bonchev–Trinajstić information content (AvgIpc) is 3.71. The smallest absolute Gasteiger partial charge is 0.139 e. The number of carbonyl (C=O) groups excluding carboxylic acids is 1. The van der Waals surface area contributed by atoms with E-state index in [1.54, 1.807) is 5.56 Å². The van der Waals surface area contributed by atoms with Crippen LogP contribution in [0.3, 0.4) is 0 Å². The van der Waals surface area contributed by atoms with Gasteiger partial charge in [-0.05, 0) is 43.4 Å². The lowest BCUT2D eigenvalue weighted by atomic mass is 9.94. The summed E-state index contributed by atoms with van der Waals surface area (Å²) in [6.07, 6.45) is 9.40. The molecule has 3 aliphatic rings. The first kappa shape index (κ1) is 19.3. The van der Waals surface area contributed by atoms with E-state index in [1.807, 2.05) is 19.2 Å². The van der Waals surface area contributed by atoms with Crippen molar-refractivity contribution in [3.63, 3.8) is 0 Å². The molecule has 0 bridgehead atoms. The van der Waals surface area contributed by atoms with Gasteiger partial charge in [0.15, 0.2) is 0 Å². The molecule has 0 radical (unpaired) electrons. The van der Waals surface area contributed by atoms with Crippen LogP contribution in [0.5, 0.6) is 0 Å². The van der Waals surface area contributed by atoms with Gasteiger partial charge in [-0.1, -0.05) is 30.3 Å². The summed E-state index contributed by atoms with van der Waals surface area (Å²) in [4.78, 5) is 21.2. The zero-order valence-corrected chi connectivity index (χ0v) is 17.5. The number of aromatic amines is 1. The first-order chi connectivity index (χ1) is 14.8. The molecule has 0 amide bonds. The Morgan fingerprint density at radius 3 is 2.50 bits per heavy atom. The molecule has 156 valence electrons. The van der Waals surface area contributed by atoms with Crippen LogP contribution in [0.1, 0.15) is 31.2 Å². The molecule has 30 heavy (non-hydrogen) atoms. The lowest BCUT2D eigenvalue weighted by Gasteiger charge is -2.28. The lowest BCUT2D eigenvalue weighted by Crippen LogP contribution is -2.37. The van der Waals surface area contributed by atoms with E-state index in [9.17, 15) is 0 Å². The second-order valence-corrected chi connectivity index (χ2v) is 9.35. The van der Waals surface area contributed by atoms with Gasteiger partial charge in [0.2, 0.25) is 0 Å². The predicted octanol–water partition coefficient (Wildman–Crippen LogP) is 4.01. The van der Waals surface area contributed by atoms with Crippen LogP contribution in [0, 0.1) is 5.41 Å². The van der Waals surface area contributed by atoms with Crippen molar-refractivity contribution < 1.29 is 4.79 Å². The third-order valence-electron chi connectivity index (χ3n) is 7.27. The minimum Gasteiger partial charge on any atom is -0.369 e. The SMILES string of the molecule is C=O.c1ccc(C2(CN3CCN(c4ccnc5[nH]ccc45)CC4(CC4)C3)CC2)cc1. The summed E-state index contributed by atoms with van der Waals surface area (Å²) in [6.45, 7) is 7.94. The van der Waals surface area contributed by atoms with Gasteiger partial charge < -0.3 is 19.6 Å². The maximum atomic E-state index is 8.00. The summed E-state index contributed by atoms with van der Waals surface area (Å²) in [7, 11) is 0. The highest BCUT2D eigenvalue weighted by molar-refractivity contribution is 5.89. The molecular weight excluding hydrogens is 372 g/mol. The van der Waals surface area contributed by atoms with Crippen LogP contribution in [-0.2, 0) is 10.2 Å². The molecule has 2 aromatic heterocycles. The van der Waals surface area contributed by atoms with E-state index in [0.29, 0.717) is 10.8 Å². The quantitative estimate of drug-likeness (QED) is 0.716. The molecular formula is C25H30N4O. The van der Waals surface area contributed by atoms with Gasteiger partial charge in [0, 0.05) is 67.0 Å². The number of anilines is 1. The highest BCUT2D eigenvalue weighted by atomic mass is 16.1. The molecule has 2 aliphatic carbocycles. The van der Waals surface area contributed by atoms with E-state index in [0.717, 1.165) is 18.7 Å². The summed E-state index contributed by atoms with van der Waals surface area (Å²) in [6, 6.07) is 15.6. The molecule has 3 heterocycles. The Morgan fingerprint density at radius 2 is 1.77 bits per heavy atom. The number of nitrogens with zero attached hydrogens (tertiary/aromatic N) is 3. The van der Waals surface area contributed by atoms with Gasteiger partial charge in [-0.2, -0.15) is 0 Å². The fourth-order valence-corrected chi connectivity index (χ4v) is 5.31. The van der Waals surface area contributed by atoms with Gasteiger partial charge in [0.05, 0.1) is 0 Å². The van der Waals surface area contributed by atoms with Gasteiger partial charge in [-0.3, -0.25) is 0 Å². The van der Waals surface area contributed by atoms with E-state index in [2.05, 4.69) is 62.2 Å². The van der Waals surface area contributed by atoms with Crippen molar-refractivity contribution in [1.29, 1.82) is 0 Å².